The second-order valence-corrected chi connectivity index (χ2v) is 7.90. The van der Waals surface area contributed by atoms with Crippen molar-refractivity contribution in [2.45, 2.75) is 83.6 Å². The molecule has 2 saturated carbocycles. The van der Waals surface area contributed by atoms with Gasteiger partial charge in [0.1, 0.15) is 0 Å². The summed E-state index contributed by atoms with van der Waals surface area (Å²) in [6.07, 6.45) is 10.8. The largest absolute Gasteiger partial charge is 0.339 e. The van der Waals surface area contributed by atoms with Crippen LogP contribution in [0.2, 0.25) is 0 Å². The molecule has 0 aliphatic heterocycles. The van der Waals surface area contributed by atoms with Crippen molar-refractivity contribution in [1.29, 1.82) is 0 Å². The third kappa shape index (κ3) is 3.65. The number of aromatic nitrogens is 2. The van der Waals surface area contributed by atoms with Crippen molar-refractivity contribution >= 4 is 0 Å². The lowest BCUT2D eigenvalue weighted by molar-refractivity contribution is 0.218. The molecular weight excluding hydrogens is 262 g/mol. The smallest absolute Gasteiger partial charge is 0.228 e. The third-order valence-electron chi connectivity index (χ3n) is 5.60. The first-order chi connectivity index (χ1) is 10.0. The van der Waals surface area contributed by atoms with Crippen LogP contribution < -0.4 is 5.73 Å². The van der Waals surface area contributed by atoms with E-state index >= 15 is 0 Å². The van der Waals surface area contributed by atoms with E-state index in [4.69, 9.17) is 10.3 Å². The normalized spacial score (nSPS) is 25.3. The van der Waals surface area contributed by atoms with Gasteiger partial charge in [0.15, 0.2) is 5.82 Å². The minimum atomic E-state index is 0.186. The van der Waals surface area contributed by atoms with E-state index in [0.29, 0.717) is 17.3 Å². The maximum atomic E-state index is 6.31. The van der Waals surface area contributed by atoms with E-state index in [1.165, 1.54) is 51.4 Å². The van der Waals surface area contributed by atoms with E-state index in [-0.39, 0.29) is 6.04 Å². The van der Waals surface area contributed by atoms with Crippen molar-refractivity contribution in [3.05, 3.63) is 11.7 Å². The Morgan fingerprint density at radius 2 is 1.86 bits per heavy atom. The number of hydrogen-bond donors (Lipinski definition) is 1. The number of nitrogens with two attached hydrogens (primary N) is 1. The molecule has 3 rings (SSSR count). The van der Waals surface area contributed by atoms with Gasteiger partial charge in [-0.2, -0.15) is 4.98 Å². The predicted molar refractivity (Wildman–Crippen MR) is 82.9 cm³/mol. The molecule has 0 spiro atoms. The zero-order valence-electron chi connectivity index (χ0n) is 13.5. The molecule has 2 N–H and O–H groups in total. The maximum absolute atomic E-state index is 6.31. The Morgan fingerprint density at radius 1 is 1.19 bits per heavy atom. The van der Waals surface area contributed by atoms with Crippen LogP contribution in [0, 0.1) is 11.3 Å². The van der Waals surface area contributed by atoms with Gasteiger partial charge in [0.05, 0.1) is 0 Å². The second kappa shape index (κ2) is 6.07. The van der Waals surface area contributed by atoms with E-state index in [1.807, 2.05) is 0 Å². The van der Waals surface area contributed by atoms with Crippen LogP contribution in [-0.4, -0.2) is 16.2 Å². The highest BCUT2D eigenvalue weighted by Crippen LogP contribution is 2.41. The van der Waals surface area contributed by atoms with Crippen LogP contribution in [-0.2, 0) is 6.42 Å². The zero-order chi connectivity index (χ0) is 14.9. The average Bonchev–Trinajstić information content (AvgIpc) is 3.09. The van der Waals surface area contributed by atoms with Crippen LogP contribution in [0.15, 0.2) is 4.52 Å². The average molecular weight is 291 g/mol. The fourth-order valence-electron chi connectivity index (χ4n) is 3.93. The Morgan fingerprint density at radius 3 is 2.52 bits per heavy atom. The monoisotopic (exact) mass is 291 g/mol. The molecule has 0 radical (unpaired) electrons. The quantitative estimate of drug-likeness (QED) is 0.916. The molecule has 2 fully saturated rings. The second-order valence-electron chi connectivity index (χ2n) is 7.90. The Labute approximate surface area is 127 Å². The minimum absolute atomic E-state index is 0.186. The lowest BCUT2D eigenvalue weighted by Crippen LogP contribution is -2.30. The Hall–Kier alpha value is -0.900. The fraction of sp³-hybridized carbons (Fsp3) is 0.882. The van der Waals surface area contributed by atoms with Crippen molar-refractivity contribution in [3.63, 3.8) is 0 Å². The van der Waals surface area contributed by atoms with E-state index in [1.54, 1.807) is 0 Å². The predicted octanol–water partition coefficient (Wildman–Crippen LogP) is 3.81. The molecule has 0 saturated heterocycles. The Bertz CT molecular complexity index is 452. The first kappa shape index (κ1) is 15.0. The summed E-state index contributed by atoms with van der Waals surface area (Å²) in [5.74, 6) is 2.79. The number of rotatable bonds is 4. The molecule has 21 heavy (non-hydrogen) atoms. The molecule has 118 valence electrons. The van der Waals surface area contributed by atoms with Gasteiger partial charge in [-0.05, 0) is 49.9 Å². The first-order valence-electron chi connectivity index (χ1n) is 8.61. The van der Waals surface area contributed by atoms with Crippen LogP contribution in [0.5, 0.6) is 0 Å². The SMILES string of the molecule is CC1(C)CCC(c2noc(CC(N)C3CCCC3)n2)CC1. The molecular formula is C17H29N3O. The van der Waals surface area contributed by atoms with Gasteiger partial charge in [-0.15, -0.1) is 0 Å². The summed E-state index contributed by atoms with van der Waals surface area (Å²) in [7, 11) is 0. The summed E-state index contributed by atoms with van der Waals surface area (Å²) in [5.41, 5.74) is 6.79. The molecule has 4 nitrogen and oxygen atoms in total. The molecule has 0 aromatic carbocycles. The van der Waals surface area contributed by atoms with Crippen molar-refractivity contribution in [1.82, 2.24) is 10.1 Å². The molecule has 1 aromatic rings. The molecule has 1 aromatic heterocycles. The third-order valence-corrected chi connectivity index (χ3v) is 5.60. The van der Waals surface area contributed by atoms with E-state index in [2.05, 4.69) is 24.0 Å². The molecule has 0 bridgehead atoms. The first-order valence-corrected chi connectivity index (χ1v) is 8.61. The van der Waals surface area contributed by atoms with Gasteiger partial charge in [0.25, 0.3) is 0 Å². The van der Waals surface area contributed by atoms with Gasteiger partial charge in [-0.1, -0.05) is 31.8 Å². The zero-order valence-corrected chi connectivity index (χ0v) is 13.5. The summed E-state index contributed by atoms with van der Waals surface area (Å²) in [6.45, 7) is 4.71. The molecule has 1 atom stereocenters. The van der Waals surface area contributed by atoms with Crippen molar-refractivity contribution in [3.8, 4) is 0 Å². The topological polar surface area (TPSA) is 64.9 Å². The van der Waals surface area contributed by atoms with Gasteiger partial charge in [0.2, 0.25) is 5.89 Å². The van der Waals surface area contributed by atoms with E-state index in [9.17, 15) is 0 Å². The van der Waals surface area contributed by atoms with Crippen LogP contribution in [0.3, 0.4) is 0 Å². The van der Waals surface area contributed by atoms with Crippen LogP contribution >= 0.6 is 0 Å². The molecule has 0 amide bonds. The maximum Gasteiger partial charge on any atom is 0.228 e. The van der Waals surface area contributed by atoms with Crippen LogP contribution in [0.1, 0.15) is 82.8 Å². The standard InChI is InChI=1S/C17H29N3O/c1-17(2)9-7-13(8-10-17)16-19-15(21-20-16)11-14(18)12-5-3-4-6-12/h12-14H,3-11,18H2,1-2H3. The van der Waals surface area contributed by atoms with Gasteiger partial charge < -0.3 is 10.3 Å². The van der Waals surface area contributed by atoms with Gasteiger partial charge in [-0.25, -0.2) is 0 Å². The summed E-state index contributed by atoms with van der Waals surface area (Å²) < 4.78 is 5.46. The molecule has 2 aliphatic carbocycles. The highest BCUT2D eigenvalue weighted by atomic mass is 16.5. The minimum Gasteiger partial charge on any atom is -0.339 e. The Kier molecular flexibility index (Phi) is 4.34. The van der Waals surface area contributed by atoms with Gasteiger partial charge >= 0.3 is 0 Å². The number of nitrogens with zero attached hydrogens (tertiary/aromatic N) is 2. The highest BCUT2D eigenvalue weighted by Gasteiger charge is 2.30. The van der Waals surface area contributed by atoms with Crippen LogP contribution in [0.4, 0.5) is 0 Å². The fourth-order valence-corrected chi connectivity index (χ4v) is 3.93. The molecule has 2 aliphatic rings. The van der Waals surface area contributed by atoms with Crippen molar-refractivity contribution in [2.24, 2.45) is 17.1 Å². The Balaban J connectivity index is 1.56. The van der Waals surface area contributed by atoms with Crippen LogP contribution in [0.25, 0.3) is 0 Å². The highest BCUT2D eigenvalue weighted by molar-refractivity contribution is 5.00. The van der Waals surface area contributed by atoms with Crippen molar-refractivity contribution < 1.29 is 4.52 Å². The summed E-state index contributed by atoms with van der Waals surface area (Å²) >= 11 is 0. The van der Waals surface area contributed by atoms with Gasteiger partial charge in [0, 0.05) is 18.4 Å². The number of hydrogen-bond acceptors (Lipinski definition) is 4. The molecule has 4 heteroatoms. The summed E-state index contributed by atoms with van der Waals surface area (Å²) in [4.78, 5) is 4.64. The molecule has 1 unspecified atom stereocenters. The summed E-state index contributed by atoms with van der Waals surface area (Å²) in [6, 6.07) is 0.186. The van der Waals surface area contributed by atoms with Crippen molar-refractivity contribution in [2.75, 3.05) is 0 Å². The van der Waals surface area contributed by atoms with Gasteiger partial charge in [-0.3, -0.25) is 0 Å². The summed E-state index contributed by atoms with van der Waals surface area (Å²) in [5, 5.41) is 4.23. The van der Waals surface area contributed by atoms with E-state index in [0.717, 1.165) is 18.1 Å². The lowest BCUT2D eigenvalue weighted by atomic mass is 9.73. The lowest BCUT2D eigenvalue weighted by Gasteiger charge is -2.32. The molecule has 1 heterocycles. The van der Waals surface area contributed by atoms with E-state index < -0.39 is 0 Å².